The van der Waals surface area contributed by atoms with Crippen LogP contribution in [0.5, 0.6) is 34.5 Å². The highest BCUT2D eigenvalue weighted by molar-refractivity contribution is 5.88. The molecule has 45 heavy (non-hydrogen) atoms. The molecule has 0 unspecified atom stereocenters. The van der Waals surface area contributed by atoms with Crippen LogP contribution in [-0.4, -0.2) is 125 Å². The summed E-state index contributed by atoms with van der Waals surface area (Å²) in [5.74, 6) is -5.98. The van der Waals surface area contributed by atoms with Gasteiger partial charge in [-0.15, -0.1) is 0 Å². The number of rotatable bonds is 7. The molecule has 2 fully saturated rings. The topological polar surface area (TPSA) is 290 Å². The monoisotopic (exact) mass is 640 g/mol. The van der Waals surface area contributed by atoms with Crippen molar-refractivity contribution in [3.05, 3.63) is 34.5 Å². The van der Waals surface area contributed by atoms with Crippen molar-refractivity contribution in [2.24, 2.45) is 5.92 Å². The van der Waals surface area contributed by atoms with E-state index < -0.39 is 126 Å². The Labute approximate surface area is 252 Å². The van der Waals surface area contributed by atoms with E-state index in [1.54, 1.807) is 0 Å². The molecule has 0 amide bonds. The van der Waals surface area contributed by atoms with Gasteiger partial charge in [0.2, 0.25) is 17.5 Å². The summed E-state index contributed by atoms with van der Waals surface area (Å²) in [5, 5.41) is 112. The van der Waals surface area contributed by atoms with E-state index >= 15 is 0 Å². The first-order chi connectivity index (χ1) is 21.3. The van der Waals surface area contributed by atoms with Gasteiger partial charge in [0.25, 0.3) is 0 Å². The standard InChI is InChI=1S/C28H32O17/c1-8-18(35)15(6-29)42-27(19(8)36)44-25-16(7-30)43-28(23(40)22(25)39)45-26-21(38)17-11(32)4-10(31)5-14(17)41-24(26)9-2-12(33)20(37)13(34)3-9/h2-5,8,15-16,18-19,22-23,25,27-37,39-40H,6-7H2,1H3/t8-,15+,16+,18+,19+,22+,23+,25+,27-,28-/m0/s1. The fourth-order valence-electron chi connectivity index (χ4n) is 5.27. The second kappa shape index (κ2) is 12.5. The minimum Gasteiger partial charge on any atom is -0.508 e. The van der Waals surface area contributed by atoms with Crippen LogP contribution in [0.2, 0.25) is 0 Å². The maximum absolute atomic E-state index is 13.6. The maximum atomic E-state index is 13.6. The van der Waals surface area contributed by atoms with Crippen molar-refractivity contribution in [2.75, 3.05) is 13.2 Å². The summed E-state index contributed by atoms with van der Waals surface area (Å²) in [4.78, 5) is 13.6. The van der Waals surface area contributed by atoms with Gasteiger partial charge in [0.05, 0.1) is 19.3 Å². The Kier molecular flexibility index (Phi) is 9.00. The van der Waals surface area contributed by atoms with E-state index in [-0.39, 0.29) is 11.1 Å². The van der Waals surface area contributed by atoms with Crippen molar-refractivity contribution < 1.29 is 79.5 Å². The highest BCUT2D eigenvalue weighted by atomic mass is 16.7. The van der Waals surface area contributed by atoms with Gasteiger partial charge in [-0.2, -0.15) is 0 Å². The number of aliphatic hydroxyl groups is 6. The molecule has 3 heterocycles. The summed E-state index contributed by atoms with van der Waals surface area (Å²) in [7, 11) is 0. The fourth-order valence-corrected chi connectivity index (χ4v) is 5.27. The van der Waals surface area contributed by atoms with Crippen molar-refractivity contribution >= 4 is 11.0 Å². The molecule has 11 N–H and O–H groups in total. The Morgan fingerprint density at radius 1 is 0.756 bits per heavy atom. The van der Waals surface area contributed by atoms with Crippen LogP contribution in [-0.2, 0) is 14.2 Å². The van der Waals surface area contributed by atoms with E-state index in [1.165, 1.54) is 6.92 Å². The van der Waals surface area contributed by atoms with E-state index in [1.807, 2.05) is 0 Å². The van der Waals surface area contributed by atoms with Gasteiger partial charge >= 0.3 is 0 Å². The lowest BCUT2D eigenvalue weighted by atomic mass is 9.90. The molecule has 17 nitrogen and oxygen atoms in total. The van der Waals surface area contributed by atoms with E-state index in [2.05, 4.69) is 0 Å². The molecule has 2 aliphatic rings. The molecule has 0 spiro atoms. The molecule has 2 aliphatic heterocycles. The molecule has 5 rings (SSSR count). The average Bonchev–Trinajstić information content (AvgIpc) is 2.99. The third-order valence-corrected chi connectivity index (χ3v) is 7.82. The lowest BCUT2D eigenvalue weighted by molar-refractivity contribution is -0.347. The predicted octanol–water partition coefficient (Wildman–Crippen LogP) is -1.73. The fraction of sp³-hybridized carbons (Fsp3) is 0.464. The van der Waals surface area contributed by atoms with Gasteiger partial charge in [0.1, 0.15) is 59.1 Å². The number of aromatic hydroxyl groups is 5. The molecule has 246 valence electrons. The summed E-state index contributed by atoms with van der Waals surface area (Å²) in [6.07, 6.45) is -14.4. The first kappa shape index (κ1) is 32.5. The zero-order valence-corrected chi connectivity index (χ0v) is 23.4. The lowest BCUT2D eigenvalue weighted by Crippen LogP contribution is -2.64. The van der Waals surface area contributed by atoms with Crippen LogP contribution in [0.3, 0.4) is 0 Å². The minimum atomic E-state index is -2.03. The number of phenols is 5. The Hall–Kier alpha value is -3.91. The Balaban J connectivity index is 1.51. The number of phenolic OH excluding ortho intramolecular Hbond substituents is 5. The highest BCUT2D eigenvalue weighted by Gasteiger charge is 2.51. The number of fused-ring (bicyclic) bond motifs is 1. The Morgan fingerprint density at radius 2 is 1.38 bits per heavy atom. The molecule has 0 radical (unpaired) electrons. The molecule has 10 atom stereocenters. The summed E-state index contributed by atoms with van der Waals surface area (Å²) in [5.41, 5.74) is -1.73. The smallest absolute Gasteiger partial charge is 0.239 e. The van der Waals surface area contributed by atoms with E-state index in [9.17, 15) is 61.0 Å². The van der Waals surface area contributed by atoms with Gasteiger partial charge in [0, 0.05) is 23.6 Å². The van der Waals surface area contributed by atoms with E-state index in [4.69, 9.17) is 23.4 Å². The molecular formula is C28H32O17. The van der Waals surface area contributed by atoms with Gasteiger partial charge in [-0.3, -0.25) is 4.79 Å². The summed E-state index contributed by atoms with van der Waals surface area (Å²) in [6.45, 7) is -0.0315. The van der Waals surface area contributed by atoms with E-state index in [0.29, 0.717) is 0 Å². The van der Waals surface area contributed by atoms with Gasteiger partial charge in [-0.1, -0.05) is 6.92 Å². The summed E-state index contributed by atoms with van der Waals surface area (Å²) >= 11 is 0. The van der Waals surface area contributed by atoms with Crippen molar-refractivity contribution in [3.8, 4) is 45.8 Å². The predicted molar refractivity (Wildman–Crippen MR) is 146 cm³/mol. The van der Waals surface area contributed by atoms with Gasteiger partial charge < -0.3 is 79.5 Å². The summed E-state index contributed by atoms with van der Waals surface area (Å²) in [6, 6.07) is 3.58. The number of benzene rings is 2. The Bertz CT molecular complexity index is 1580. The zero-order valence-electron chi connectivity index (χ0n) is 23.4. The van der Waals surface area contributed by atoms with Crippen LogP contribution in [0, 0.1) is 5.92 Å². The molecule has 0 bridgehead atoms. The number of ether oxygens (including phenoxy) is 4. The third-order valence-electron chi connectivity index (χ3n) is 7.82. The van der Waals surface area contributed by atoms with Crippen molar-refractivity contribution in [2.45, 2.75) is 62.2 Å². The molecule has 3 aromatic rings. The SMILES string of the molecule is C[C@H]1[C@@H](O)[C@@H](CO)O[C@@H](O[C@H]2[C@H](O)[C@@H](O)[C@H](Oc3c(-c4cc(O)c(O)c(O)c4)oc4cc(O)cc(O)c4c3=O)O[C@@H]2CO)[C@@H]1O. The van der Waals surface area contributed by atoms with E-state index in [0.717, 1.165) is 24.3 Å². The normalized spacial score (nSPS) is 32.1. The van der Waals surface area contributed by atoms with Crippen LogP contribution in [0.15, 0.2) is 33.5 Å². The third kappa shape index (κ3) is 5.81. The van der Waals surface area contributed by atoms with Gasteiger partial charge in [0.15, 0.2) is 29.3 Å². The Morgan fingerprint density at radius 3 is 2.00 bits per heavy atom. The second-order valence-corrected chi connectivity index (χ2v) is 10.8. The minimum absolute atomic E-state index is 0.261. The molecule has 1 aromatic heterocycles. The number of hydrogen-bond acceptors (Lipinski definition) is 17. The molecule has 0 saturated carbocycles. The second-order valence-electron chi connectivity index (χ2n) is 10.8. The first-order valence-corrected chi connectivity index (χ1v) is 13.6. The zero-order chi connectivity index (χ0) is 32.9. The number of aliphatic hydroxyl groups excluding tert-OH is 6. The van der Waals surface area contributed by atoms with Crippen molar-refractivity contribution in [1.82, 2.24) is 0 Å². The quantitative estimate of drug-likeness (QED) is 0.128. The lowest BCUT2D eigenvalue weighted by Gasteiger charge is -2.46. The summed E-state index contributed by atoms with van der Waals surface area (Å²) < 4.78 is 28.0. The van der Waals surface area contributed by atoms with Gasteiger partial charge in [-0.05, 0) is 12.1 Å². The van der Waals surface area contributed by atoms with Crippen molar-refractivity contribution in [1.29, 1.82) is 0 Å². The highest BCUT2D eigenvalue weighted by Crippen LogP contribution is 2.43. The maximum Gasteiger partial charge on any atom is 0.239 e. The largest absolute Gasteiger partial charge is 0.508 e. The van der Waals surface area contributed by atoms with Crippen LogP contribution in [0.25, 0.3) is 22.3 Å². The van der Waals surface area contributed by atoms with Crippen LogP contribution < -0.4 is 10.2 Å². The van der Waals surface area contributed by atoms with Crippen LogP contribution in [0.4, 0.5) is 0 Å². The van der Waals surface area contributed by atoms with Gasteiger partial charge in [-0.25, -0.2) is 0 Å². The average molecular weight is 641 g/mol. The number of hydrogen-bond donors (Lipinski definition) is 11. The first-order valence-electron chi connectivity index (χ1n) is 13.6. The molecule has 2 aromatic carbocycles. The van der Waals surface area contributed by atoms with Crippen molar-refractivity contribution in [3.63, 3.8) is 0 Å². The van der Waals surface area contributed by atoms with Crippen LogP contribution in [0.1, 0.15) is 6.92 Å². The molecule has 0 aliphatic carbocycles. The molecule has 2 saturated heterocycles. The molecular weight excluding hydrogens is 608 g/mol. The molecule has 17 heteroatoms. The van der Waals surface area contributed by atoms with Crippen LogP contribution >= 0.6 is 0 Å².